The summed E-state index contributed by atoms with van der Waals surface area (Å²) >= 11 is 3.43. The van der Waals surface area contributed by atoms with Crippen LogP contribution in [0.4, 0.5) is 27.5 Å². The number of nitrogens with one attached hydrogen (secondary N) is 2. The summed E-state index contributed by atoms with van der Waals surface area (Å²) in [5.41, 5.74) is 2.78. The minimum Gasteiger partial charge on any atom is -0.339 e. The first-order chi connectivity index (χ1) is 13.7. The molecule has 0 fully saturated rings. The van der Waals surface area contributed by atoms with Gasteiger partial charge in [-0.1, -0.05) is 12.1 Å². The number of benzene rings is 2. The van der Waals surface area contributed by atoms with Crippen molar-refractivity contribution in [3.63, 3.8) is 0 Å². The van der Waals surface area contributed by atoms with Gasteiger partial charge in [0.25, 0.3) is 0 Å². The van der Waals surface area contributed by atoms with E-state index in [2.05, 4.69) is 41.5 Å². The van der Waals surface area contributed by atoms with E-state index >= 15 is 0 Å². The summed E-state index contributed by atoms with van der Waals surface area (Å²) in [7, 11) is 0. The Balaban J connectivity index is 1.46. The number of halogens is 2. The van der Waals surface area contributed by atoms with E-state index in [4.69, 9.17) is 0 Å². The molecule has 0 spiro atoms. The van der Waals surface area contributed by atoms with Gasteiger partial charge in [0, 0.05) is 36.5 Å². The van der Waals surface area contributed by atoms with Crippen molar-refractivity contribution in [3.8, 4) is 0 Å². The molecular weight excluding hydrogens is 423 g/mol. The summed E-state index contributed by atoms with van der Waals surface area (Å²) in [6.45, 7) is 0.765. The maximum absolute atomic E-state index is 13.1. The first-order valence-corrected chi connectivity index (χ1v) is 9.32. The summed E-state index contributed by atoms with van der Waals surface area (Å²) in [5.74, 6) is 0.752. The molecule has 0 saturated carbocycles. The van der Waals surface area contributed by atoms with Crippen LogP contribution in [0.25, 0.3) is 0 Å². The third-order valence-corrected chi connectivity index (χ3v) is 4.57. The fraction of sp³-hybridized carbons (Fsp3) is 0.0500. The second-order valence-electron chi connectivity index (χ2n) is 6.08. The standard InChI is InChI=1S/C20H16BrFN6/c21-18-11-24-20(27-19(18)25-16-7-3-15(22)4-8-16)26-17-5-1-14(2-6-17)12-28-10-9-23-13-28/h1-11,13H,12H2,(H2,24,25,26,27). The molecule has 2 aromatic carbocycles. The molecule has 0 saturated heterocycles. The zero-order valence-electron chi connectivity index (χ0n) is 14.7. The van der Waals surface area contributed by atoms with Gasteiger partial charge in [-0.2, -0.15) is 4.98 Å². The second-order valence-corrected chi connectivity index (χ2v) is 6.93. The maximum Gasteiger partial charge on any atom is 0.229 e. The van der Waals surface area contributed by atoms with E-state index in [0.717, 1.165) is 17.9 Å². The molecule has 6 nitrogen and oxygen atoms in total. The van der Waals surface area contributed by atoms with Crippen LogP contribution in [-0.4, -0.2) is 19.5 Å². The van der Waals surface area contributed by atoms with E-state index < -0.39 is 0 Å². The maximum atomic E-state index is 13.1. The summed E-state index contributed by atoms with van der Waals surface area (Å²) in [4.78, 5) is 12.8. The highest BCUT2D eigenvalue weighted by atomic mass is 79.9. The molecular formula is C20H16BrFN6. The van der Waals surface area contributed by atoms with Gasteiger partial charge >= 0.3 is 0 Å². The topological polar surface area (TPSA) is 67.7 Å². The molecule has 0 aliphatic heterocycles. The van der Waals surface area contributed by atoms with E-state index in [0.29, 0.717) is 16.2 Å². The Morgan fingerprint density at radius 1 is 0.964 bits per heavy atom. The molecule has 0 aliphatic rings. The zero-order valence-corrected chi connectivity index (χ0v) is 16.3. The van der Waals surface area contributed by atoms with Crippen LogP contribution >= 0.6 is 15.9 Å². The number of nitrogens with zero attached hydrogens (tertiary/aromatic N) is 4. The van der Waals surface area contributed by atoms with Crippen LogP contribution in [0.5, 0.6) is 0 Å². The van der Waals surface area contributed by atoms with Crippen LogP contribution in [0.3, 0.4) is 0 Å². The lowest BCUT2D eigenvalue weighted by molar-refractivity contribution is 0.628. The molecule has 0 amide bonds. The number of hydrogen-bond acceptors (Lipinski definition) is 5. The number of anilines is 4. The van der Waals surface area contributed by atoms with E-state index in [9.17, 15) is 4.39 Å². The lowest BCUT2D eigenvalue weighted by Crippen LogP contribution is -2.02. The van der Waals surface area contributed by atoms with E-state index in [1.165, 1.54) is 17.7 Å². The molecule has 4 rings (SSSR count). The first kappa shape index (κ1) is 18.1. The Labute approximate surface area is 169 Å². The molecule has 0 atom stereocenters. The van der Waals surface area contributed by atoms with Crippen molar-refractivity contribution in [1.82, 2.24) is 19.5 Å². The smallest absolute Gasteiger partial charge is 0.229 e. The lowest BCUT2D eigenvalue weighted by atomic mass is 10.2. The van der Waals surface area contributed by atoms with E-state index in [1.807, 2.05) is 35.0 Å². The zero-order chi connectivity index (χ0) is 19.3. The van der Waals surface area contributed by atoms with Crippen LogP contribution in [0.2, 0.25) is 0 Å². The lowest BCUT2D eigenvalue weighted by Gasteiger charge is -2.11. The van der Waals surface area contributed by atoms with Crippen molar-refractivity contribution in [2.75, 3.05) is 10.6 Å². The summed E-state index contributed by atoms with van der Waals surface area (Å²) in [6.07, 6.45) is 7.14. The van der Waals surface area contributed by atoms with Crippen molar-refractivity contribution in [1.29, 1.82) is 0 Å². The predicted molar refractivity (Wildman–Crippen MR) is 110 cm³/mol. The normalized spacial score (nSPS) is 10.6. The van der Waals surface area contributed by atoms with Crippen LogP contribution < -0.4 is 10.6 Å². The largest absolute Gasteiger partial charge is 0.339 e. The molecule has 4 aromatic rings. The molecule has 0 radical (unpaired) electrons. The van der Waals surface area contributed by atoms with E-state index in [-0.39, 0.29) is 5.82 Å². The highest BCUT2D eigenvalue weighted by Crippen LogP contribution is 2.25. The highest BCUT2D eigenvalue weighted by molar-refractivity contribution is 9.10. The Morgan fingerprint density at radius 3 is 2.39 bits per heavy atom. The van der Waals surface area contributed by atoms with Gasteiger partial charge in [-0.3, -0.25) is 0 Å². The van der Waals surface area contributed by atoms with Crippen molar-refractivity contribution >= 4 is 39.1 Å². The minimum atomic E-state index is -0.286. The van der Waals surface area contributed by atoms with Crippen LogP contribution in [0.1, 0.15) is 5.56 Å². The van der Waals surface area contributed by atoms with Gasteiger partial charge in [0.15, 0.2) is 0 Å². The fourth-order valence-corrected chi connectivity index (χ4v) is 2.89. The van der Waals surface area contributed by atoms with Crippen molar-refractivity contribution in [2.45, 2.75) is 6.54 Å². The molecule has 0 unspecified atom stereocenters. The van der Waals surface area contributed by atoms with Crippen LogP contribution in [0.15, 0.2) is 77.9 Å². The van der Waals surface area contributed by atoms with Gasteiger partial charge in [0.1, 0.15) is 11.6 Å². The van der Waals surface area contributed by atoms with Gasteiger partial charge in [-0.05, 0) is 57.9 Å². The molecule has 2 heterocycles. The first-order valence-electron chi connectivity index (χ1n) is 8.52. The Kier molecular flexibility index (Phi) is 5.29. The number of hydrogen-bond donors (Lipinski definition) is 2. The number of aromatic nitrogens is 4. The molecule has 0 aliphatic carbocycles. The Bertz CT molecular complexity index is 1050. The van der Waals surface area contributed by atoms with Crippen molar-refractivity contribution < 1.29 is 4.39 Å². The molecule has 8 heteroatoms. The molecule has 0 bridgehead atoms. The van der Waals surface area contributed by atoms with Crippen LogP contribution in [-0.2, 0) is 6.54 Å². The van der Waals surface area contributed by atoms with Crippen molar-refractivity contribution in [3.05, 3.63) is 89.3 Å². The average molecular weight is 439 g/mol. The van der Waals surface area contributed by atoms with Gasteiger partial charge in [0.05, 0.1) is 10.8 Å². The number of rotatable bonds is 6. The van der Waals surface area contributed by atoms with Gasteiger partial charge in [-0.25, -0.2) is 14.4 Å². The molecule has 140 valence electrons. The SMILES string of the molecule is Fc1ccc(Nc2nc(Nc3ccc(Cn4ccnc4)cc3)ncc2Br)cc1. The molecule has 28 heavy (non-hydrogen) atoms. The average Bonchev–Trinajstić information content (AvgIpc) is 3.21. The fourth-order valence-electron chi connectivity index (χ4n) is 2.60. The van der Waals surface area contributed by atoms with Crippen molar-refractivity contribution in [2.24, 2.45) is 0 Å². The van der Waals surface area contributed by atoms with E-state index in [1.54, 1.807) is 30.9 Å². The quantitative estimate of drug-likeness (QED) is 0.437. The summed E-state index contributed by atoms with van der Waals surface area (Å²) < 4.78 is 15.8. The third kappa shape index (κ3) is 4.52. The van der Waals surface area contributed by atoms with Gasteiger partial charge in [0.2, 0.25) is 5.95 Å². The molecule has 2 aromatic heterocycles. The van der Waals surface area contributed by atoms with Gasteiger partial charge in [-0.15, -0.1) is 0 Å². The Hall–Kier alpha value is -3.26. The predicted octanol–water partition coefficient (Wildman–Crippen LogP) is 5.11. The highest BCUT2D eigenvalue weighted by Gasteiger charge is 2.07. The summed E-state index contributed by atoms with van der Waals surface area (Å²) in [5, 5.41) is 6.34. The summed E-state index contributed by atoms with van der Waals surface area (Å²) in [6, 6.07) is 14.1. The second kappa shape index (κ2) is 8.18. The van der Waals surface area contributed by atoms with Crippen LogP contribution in [0, 0.1) is 5.82 Å². The monoisotopic (exact) mass is 438 g/mol. The third-order valence-electron chi connectivity index (χ3n) is 3.99. The molecule has 2 N–H and O–H groups in total. The Morgan fingerprint density at radius 2 is 1.68 bits per heavy atom. The minimum absolute atomic E-state index is 0.286. The van der Waals surface area contributed by atoms with Gasteiger partial charge < -0.3 is 15.2 Å². The number of imidazole rings is 1.